The fourth-order valence-corrected chi connectivity index (χ4v) is 0.971. The van der Waals surface area contributed by atoms with Gasteiger partial charge in [0.25, 0.3) is 0 Å². The highest BCUT2D eigenvalue weighted by molar-refractivity contribution is 4.98. The van der Waals surface area contributed by atoms with Crippen LogP contribution in [-0.2, 0) is 6.54 Å². The summed E-state index contributed by atoms with van der Waals surface area (Å²) in [5, 5.41) is 9.12. The summed E-state index contributed by atoms with van der Waals surface area (Å²) in [6, 6.07) is 3.80. The van der Waals surface area contributed by atoms with Crippen LogP contribution < -0.4 is 0 Å². The van der Waals surface area contributed by atoms with E-state index in [9.17, 15) is 0 Å². The van der Waals surface area contributed by atoms with Gasteiger partial charge in [-0.1, -0.05) is 0 Å². The van der Waals surface area contributed by atoms with Crippen LogP contribution in [-0.4, -0.2) is 29.2 Å². The summed E-state index contributed by atoms with van der Waals surface area (Å²) in [5.74, 6) is 0.920. The third-order valence-corrected chi connectivity index (χ3v) is 2.39. The minimum absolute atomic E-state index is 0.143. The van der Waals surface area contributed by atoms with Crippen molar-refractivity contribution in [1.82, 2.24) is 4.90 Å². The third-order valence-electron chi connectivity index (χ3n) is 2.39. The van der Waals surface area contributed by atoms with Gasteiger partial charge in [0, 0.05) is 5.54 Å². The van der Waals surface area contributed by atoms with E-state index in [-0.39, 0.29) is 12.1 Å². The van der Waals surface area contributed by atoms with Crippen molar-refractivity contribution in [2.45, 2.75) is 25.9 Å². The normalized spacial score (nSPS) is 12.4. The van der Waals surface area contributed by atoms with Gasteiger partial charge in [-0.05, 0) is 33.0 Å². The Morgan fingerprint density at radius 1 is 1.54 bits per heavy atom. The maximum Gasteiger partial charge on any atom is 0.117 e. The number of rotatable bonds is 4. The topological polar surface area (TPSA) is 36.6 Å². The molecule has 0 unspecified atom stereocenters. The molecule has 1 N–H and O–H groups in total. The summed E-state index contributed by atoms with van der Waals surface area (Å²) >= 11 is 0. The second-order valence-electron chi connectivity index (χ2n) is 3.91. The smallest absolute Gasteiger partial charge is 0.117 e. The first kappa shape index (κ1) is 10.3. The molecule has 0 aliphatic heterocycles. The quantitative estimate of drug-likeness (QED) is 0.768. The van der Waals surface area contributed by atoms with Crippen LogP contribution in [0.15, 0.2) is 22.8 Å². The average Bonchev–Trinajstić information content (AvgIpc) is 2.57. The number of aliphatic hydroxyl groups is 1. The van der Waals surface area contributed by atoms with Crippen LogP contribution in [0.2, 0.25) is 0 Å². The van der Waals surface area contributed by atoms with Gasteiger partial charge >= 0.3 is 0 Å². The van der Waals surface area contributed by atoms with E-state index < -0.39 is 0 Å². The van der Waals surface area contributed by atoms with Crippen molar-refractivity contribution in [1.29, 1.82) is 0 Å². The van der Waals surface area contributed by atoms with Crippen LogP contribution >= 0.6 is 0 Å². The zero-order chi connectivity index (χ0) is 9.90. The number of furan rings is 1. The minimum Gasteiger partial charge on any atom is -0.468 e. The molecule has 0 saturated heterocycles. The molecular weight excluding hydrogens is 166 g/mol. The fraction of sp³-hybridized carbons (Fsp3) is 0.600. The van der Waals surface area contributed by atoms with Gasteiger partial charge in [-0.15, -0.1) is 0 Å². The molecule has 74 valence electrons. The Balaban J connectivity index is 2.55. The highest BCUT2D eigenvalue weighted by Crippen LogP contribution is 2.14. The monoisotopic (exact) mass is 183 g/mol. The molecule has 0 aliphatic rings. The molecule has 0 radical (unpaired) electrons. The van der Waals surface area contributed by atoms with Gasteiger partial charge in [0.2, 0.25) is 0 Å². The van der Waals surface area contributed by atoms with Crippen LogP contribution in [0, 0.1) is 0 Å². The largest absolute Gasteiger partial charge is 0.468 e. The van der Waals surface area contributed by atoms with Gasteiger partial charge in [-0.2, -0.15) is 0 Å². The van der Waals surface area contributed by atoms with Gasteiger partial charge in [-0.25, -0.2) is 0 Å². The molecule has 1 heterocycles. The summed E-state index contributed by atoms with van der Waals surface area (Å²) in [6.07, 6.45) is 1.66. The van der Waals surface area contributed by atoms with Crippen LogP contribution in [0.25, 0.3) is 0 Å². The molecular formula is C10H17NO2. The van der Waals surface area contributed by atoms with Crippen LogP contribution in [0.1, 0.15) is 19.6 Å². The highest BCUT2D eigenvalue weighted by atomic mass is 16.3. The van der Waals surface area contributed by atoms with Crippen molar-refractivity contribution >= 4 is 0 Å². The Morgan fingerprint density at radius 2 is 2.23 bits per heavy atom. The van der Waals surface area contributed by atoms with Crippen molar-refractivity contribution in [3.8, 4) is 0 Å². The second kappa shape index (κ2) is 3.94. The van der Waals surface area contributed by atoms with Crippen LogP contribution in [0.3, 0.4) is 0 Å². The lowest BCUT2D eigenvalue weighted by Crippen LogP contribution is -2.43. The Morgan fingerprint density at radius 3 is 2.69 bits per heavy atom. The molecule has 1 aromatic rings. The number of hydrogen-bond acceptors (Lipinski definition) is 3. The summed E-state index contributed by atoms with van der Waals surface area (Å²) < 4.78 is 5.22. The van der Waals surface area contributed by atoms with Crippen molar-refractivity contribution in [3.63, 3.8) is 0 Å². The average molecular weight is 183 g/mol. The van der Waals surface area contributed by atoms with Crippen molar-refractivity contribution in [2.75, 3.05) is 13.7 Å². The lowest BCUT2D eigenvalue weighted by molar-refractivity contribution is 0.0682. The molecule has 0 atom stereocenters. The Kier molecular flexibility index (Phi) is 3.12. The molecule has 3 heteroatoms. The summed E-state index contributed by atoms with van der Waals surface area (Å²) in [7, 11) is 1.97. The molecule has 1 rings (SSSR count). The maximum absolute atomic E-state index is 9.12. The maximum atomic E-state index is 9.12. The van der Waals surface area contributed by atoms with E-state index in [0.29, 0.717) is 0 Å². The van der Waals surface area contributed by atoms with E-state index >= 15 is 0 Å². The van der Waals surface area contributed by atoms with Crippen molar-refractivity contribution in [3.05, 3.63) is 24.2 Å². The zero-order valence-electron chi connectivity index (χ0n) is 8.45. The van der Waals surface area contributed by atoms with E-state index in [4.69, 9.17) is 9.52 Å². The predicted molar refractivity (Wildman–Crippen MR) is 51.3 cm³/mol. The van der Waals surface area contributed by atoms with Gasteiger partial charge < -0.3 is 9.52 Å². The van der Waals surface area contributed by atoms with Gasteiger partial charge in [0.15, 0.2) is 0 Å². The number of hydrogen-bond donors (Lipinski definition) is 1. The summed E-state index contributed by atoms with van der Waals surface area (Å²) in [6.45, 7) is 4.86. The first-order valence-corrected chi connectivity index (χ1v) is 4.41. The first-order chi connectivity index (χ1) is 6.06. The molecule has 1 aromatic heterocycles. The standard InChI is InChI=1S/C10H17NO2/c1-10(2,8-12)11(3)7-9-5-4-6-13-9/h4-6,12H,7-8H2,1-3H3. The highest BCUT2D eigenvalue weighted by Gasteiger charge is 2.22. The van der Waals surface area contributed by atoms with E-state index in [1.165, 1.54) is 0 Å². The summed E-state index contributed by atoms with van der Waals surface area (Å²) in [4.78, 5) is 2.06. The van der Waals surface area contributed by atoms with E-state index in [0.717, 1.165) is 12.3 Å². The molecule has 0 aromatic carbocycles. The van der Waals surface area contributed by atoms with E-state index in [1.54, 1.807) is 6.26 Å². The Bertz CT molecular complexity index is 241. The number of nitrogens with zero attached hydrogens (tertiary/aromatic N) is 1. The first-order valence-electron chi connectivity index (χ1n) is 4.41. The molecule has 0 amide bonds. The van der Waals surface area contributed by atoms with Crippen molar-refractivity contribution in [2.24, 2.45) is 0 Å². The minimum atomic E-state index is -0.202. The van der Waals surface area contributed by atoms with Crippen LogP contribution in [0.5, 0.6) is 0 Å². The summed E-state index contributed by atoms with van der Waals surface area (Å²) in [5.41, 5.74) is -0.202. The fourth-order valence-electron chi connectivity index (χ4n) is 0.971. The molecule has 3 nitrogen and oxygen atoms in total. The van der Waals surface area contributed by atoms with Gasteiger partial charge in [0.1, 0.15) is 5.76 Å². The second-order valence-corrected chi connectivity index (χ2v) is 3.91. The predicted octanol–water partition coefficient (Wildman–Crippen LogP) is 1.48. The molecule has 0 fully saturated rings. The number of aliphatic hydroxyl groups excluding tert-OH is 1. The Hall–Kier alpha value is -0.800. The van der Waals surface area contributed by atoms with E-state index in [2.05, 4.69) is 4.90 Å². The van der Waals surface area contributed by atoms with Crippen molar-refractivity contribution < 1.29 is 9.52 Å². The Labute approximate surface area is 79.0 Å². The zero-order valence-corrected chi connectivity index (χ0v) is 8.45. The van der Waals surface area contributed by atoms with Gasteiger partial charge in [0.05, 0.1) is 19.4 Å². The molecule has 0 spiro atoms. The molecule has 0 aliphatic carbocycles. The van der Waals surface area contributed by atoms with Gasteiger partial charge in [-0.3, -0.25) is 4.90 Å². The molecule has 0 saturated carbocycles. The molecule has 13 heavy (non-hydrogen) atoms. The molecule has 0 bridgehead atoms. The lowest BCUT2D eigenvalue weighted by atomic mass is 10.1. The lowest BCUT2D eigenvalue weighted by Gasteiger charge is -2.33. The third kappa shape index (κ3) is 2.57. The van der Waals surface area contributed by atoms with E-state index in [1.807, 2.05) is 33.0 Å². The number of likely N-dealkylation sites (N-methyl/N-ethyl adjacent to an activating group) is 1. The van der Waals surface area contributed by atoms with Crippen LogP contribution in [0.4, 0.5) is 0 Å². The SMILES string of the molecule is CN(Cc1ccco1)C(C)(C)CO.